The van der Waals surface area contributed by atoms with Crippen LogP contribution < -0.4 is 0 Å². The summed E-state index contributed by atoms with van der Waals surface area (Å²) in [5.74, 6) is -1.02. The van der Waals surface area contributed by atoms with Crippen molar-refractivity contribution < 1.29 is 8.78 Å². The fourth-order valence-electron chi connectivity index (χ4n) is 1.43. The van der Waals surface area contributed by atoms with Crippen molar-refractivity contribution in [3.63, 3.8) is 0 Å². The maximum atomic E-state index is 13.3. The molecule has 0 saturated carbocycles. The van der Waals surface area contributed by atoms with Crippen LogP contribution in [0.25, 0.3) is 0 Å². The molecule has 0 aliphatic rings. The van der Waals surface area contributed by atoms with Gasteiger partial charge in [-0.25, -0.2) is 8.78 Å². The van der Waals surface area contributed by atoms with E-state index in [1.807, 2.05) is 18.9 Å². The Morgan fingerprint density at radius 2 is 2.07 bits per heavy atom. The molecule has 0 saturated heterocycles. The molecule has 0 N–H and O–H groups in total. The molecular formula is C11H14BrF2N. The fourth-order valence-corrected chi connectivity index (χ4v) is 1.93. The minimum atomic E-state index is -0.534. The van der Waals surface area contributed by atoms with Crippen LogP contribution in [0.15, 0.2) is 18.2 Å². The van der Waals surface area contributed by atoms with Crippen LogP contribution in [0, 0.1) is 11.6 Å². The third kappa shape index (κ3) is 4.26. The van der Waals surface area contributed by atoms with Crippen molar-refractivity contribution in [1.29, 1.82) is 0 Å². The van der Waals surface area contributed by atoms with Crippen LogP contribution in [0.4, 0.5) is 8.78 Å². The van der Waals surface area contributed by atoms with Gasteiger partial charge in [-0.3, -0.25) is 0 Å². The molecule has 1 nitrogen and oxygen atoms in total. The summed E-state index contributed by atoms with van der Waals surface area (Å²) >= 11 is 3.42. The summed E-state index contributed by atoms with van der Waals surface area (Å²) in [4.78, 5) is 2.33. The van der Waals surface area contributed by atoms with E-state index < -0.39 is 11.6 Å². The number of rotatable bonds is 4. The summed E-state index contributed by atoms with van der Waals surface area (Å²) in [6.07, 6.45) is 0. The first kappa shape index (κ1) is 12.6. The lowest BCUT2D eigenvalue weighted by Gasteiger charge is -2.18. The predicted molar refractivity (Wildman–Crippen MR) is 61.1 cm³/mol. The van der Waals surface area contributed by atoms with Crippen molar-refractivity contribution in [2.24, 2.45) is 0 Å². The van der Waals surface area contributed by atoms with E-state index in [0.717, 1.165) is 12.6 Å². The molecule has 1 atom stereocenters. The average molecular weight is 278 g/mol. The average Bonchev–Trinajstić information content (AvgIpc) is 2.08. The molecule has 1 rings (SSSR count). The van der Waals surface area contributed by atoms with Crippen molar-refractivity contribution in [2.45, 2.75) is 18.3 Å². The number of benzene rings is 1. The van der Waals surface area contributed by atoms with Crippen LogP contribution in [0.1, 0.15) is 12.5 Å². The first-order valence-corrected chi connectivity index (χ1v) is 5.67. The van der Waals surface area contributed by atoms with Crippen LogP contribution in [0.2, 0.25) is 0 Å². The van der Waals surface area contributed by atoms with Crippen LogP contribution in [-0.4, -0.2) is 23.3 Å². The van der Waals surface area contributed by atoms with E-state index in [1.165, 1.54) is 12.1 Å². The van der Waals surface area contributed by atoms with Crippen molar-refractivity contribution in [1.82, 2.24) is 4.90 Å². The van der Waals surface area contributed by atoms with Gasteiger partial charge < -0.3 is 4.90 Å². The van der Waals surface area contributed by atoms with Crippen LogP contribution in [0.3, 0.4) is 0 Å². The zero-order valence-electron chi connectivity index (χ0n) is 8.80. The number of hydrogen-bond donors (Lipinski definition) is 0. The fraction of sp³-hybridized carbons (Fsp3) is 0.455. The number of halogens is 3. The van der Waals surface area contributed by atoms with E-state index in [4.69, 9.17) is 0 Å². The van der Waals surface area contributed by atoms with Crippen LogP contribution in [-0.2, 0) is 6.54 Å². The van der Waals surface area contributed by atoms with E-state index >= 15 is 0 Å². The van der Waals surface area contributed by atoms with Gasteiger partial charge in [0.2, 0.25) is 0 Å². The molecule has 0 amide bonds. The summed E-state index contributed by atoms with van der Waals surface area (Å²) in [6.45, 7) is 3.33. The summed E-state index contributed by atoms with van der Waals surface area (Å²) < 4.78 is 25.9. The molecule has 4 heteroatoms. The molecule has 0 aromatic heterocycles. The lowest BCUT2D eigenvalue weighted by molar-refractivity contribution is 0.326. The zero-order chi connectivity index (χ0) is 11.4. The molecule has 1 unspecified atom stereocenters. The lowest BCUT2D eigenvalue weighted by Crippen LogP contribution is -2.24. The molecule has 15 heavy (non-hydrogen) atoms. The number of hydrogen-bond acceptors (Lipinski definition) is 1. The van der Waals surface area contributed by atoms with Gasteiger partial charge in [0.25, 0.3) is 0 Å². The first-order valence-electron chi connectivity index (χ1n) is 4.75. The summed E-state index contributed by atoms with van der Waals surface area (Å²) in [5.41, 5.74) is 0.520. The van der Waals surface area contributed by atoms with Crippen LogP contribution >= 0.6 is 15.9 Å². The molecule has 1 aromatic rings. The highest BCUT2D eigenvalue weighted by molar-refractivity contribution is 9.09. The number of nitrogens with zero attached hydrogens (tertiary/aromatic N) is 1. The third-order valence-corrected chi connectivity index (χ3v) is 2.31. The van der Waals surface area contributed by atoms with Gasteiger partial charge in [-0.1, -0.05) is 28.9 Å². The van der Waals surface area contributed by atoms with Crippen LogP contribution in [0.5, 0.6) is 0 Å². The van der Waals surface area contributed by atoms with E-state index in [0.29, 0.717) is 16.9 Å². The monoisotopic (exact) mass is 277 g/mol. The van der Waals surface area contributed by atoms with Gasteiger partial charge >= 0.3 is 0 Å². The largest absolute Gasteiger partial charge is 0.301 e. The first-order chi connectivity index (χ1) is 6.99. The minimum Gasteiger partial charge on any atom is -0.301 e. The number of alkyl halides is 1. The Morgan fingerprint density at radius 3 is 2.60 bits per heavy atom. The van der Waals surface area contributed by atoms with Gasteiger partial charge in [0, 0.05) is 29.5 Å². The van der Waals surface area contributed by atoms with E-state index in [1.54, 1.807) is 0 Å². The van der Waals surface area contributed by atoms with Gasteiger partial charge in [0.15, 0.2) is 0 Å². The summed E-state index contributed by atoms with van der Waals surface area (Å²) in [7, 11) is 1.90. The normalized spacial score (nSPS) is 13.2. The van der Waals surface area contributed by atoms with Crippen molar-refractivity contribution in [3.05, 3.63) is 35.4 Å². The van der Waals surface area contributed by atoms with Gasteiger partial charge in [-0.05, 0) is 13.1 Å². The highest BCUT2D eigenvalue weighted by Gasteiger charge is 2.08. The maximum Gasteiger partial charge on any atom is 0.130 e. The molecule has 84 valence electrons. The lowest BCUT2D eigenvalue weighted by atomic mass is 10.2. The van der Waals surface area contributed by atoms with Gasteiger partial charge in [0.05, 0.1) is 0 Å². The molecule has 0 radical (unpaired) electrons. The van der Waals surface area contributed by atoms with Gasteiger partial charge in [-0.2, -0.15) is 0 Å². The van der Waals surface area contributed by atoms with Crippen molar-refractivity contribution in [3.8, 4) is 0 Å². The summed E-state index contributed by atoms with van der Waals surface area (Å²) in [5, 5.41) is 0. The smallest absolute Gasteiger partial charge is 0.130 e. The molecule has 0 aliphatic heterocycles. The Morgan fingerprint density at radius 1 is 1.40 bits per heavy atom. The molecule has 0 fully saturated rings. The Kier molecular flexibility index (Phi) is 4.67. The molecule has 0 bridgehead atoms. The molecule has 0 heterocycles. The molecule has 0 aliphatic carbocycles. The van der Waals surface area contributed by atoms with E-state index in [-0.39, 0.29) is 0 Å². The minimum absolute atomic E-state index is 0.353. The SMILES string of the molecule is CC(Br)CN(C)Cc1ccc(F)cc1F. The molecular weight excluding hydrogens is 264 g/mol. The Balaban J connectivity index is 2.64. The standard InChI is InChI=1S/C11H14BrF2N/c1-8(12)6-15(2)7-9-3-4-10(13)5-11(9)14/h3-5,8H,6-7H2,1-2H3. The van der Waals surface area contributed by atoms with Crippen molar-refractivity contribution >= 4 is 15.9 Å². The van der Waals surface area contributed by atoms with Crippen molar-refractivity contribution in [2.75, 3.05) is 13.6 Å². The quantitative estimate of drug-likeness (QED) is 0.765. The third-order valence-electron chi connectivity index (χ3n) is 2.02. The zero-order valence-corrected chi connectivity index (χ0v) is 10.4. The van der Waals surface area contributed by atoms with Gasteiger partial charge in [-0.15, -0.1) is 0 Å². The van der Waals surface area contributed by atoms with E-state index in [9.17, 15) is 8.78 Å². The Hall–Kier alpha value is -0.480. The molecule has 1 aromatic carbocycles. The Labute approximate surface area is 97.2 Å². The highest BCUT2D eigenvalue weighted by atomic mass is 79.9. The molecule has 0 spiro atoms. The topological polar surface area (TPSA) is 3.24 Å². The second kappa shape index (κ2) is 5.56. The Bertz CT molecular complexity index is 328. The second-order valence-corrected chi connectivity index (χ2v) is 5.28. The van der Waals surface area contributed by atoms with E-state index in [2.05, 4.69) is 15.9 Å². The van der Waals surface area contributed by atoms with Gasteiger partial charge in [0.1, 0.15) is 11.6 Å². The summed E-state index contributed by atoms with van der Waals surface area (Å²) in [6, 6.07) is 3.69. The predicted octanol–water partition coefficient (Wildman–Crippen LogP) is 3.18. The highest BCUT2D eigenvalue weighted by Crippen LogP contribution is 2.12. The second-order valence-electron chi connectivity index (χ2n) is 3.71. The maximum absolute atomic E-state index is 13.3.